The van der Waals surface area contributed by atoms with Crippen LogP contribution >= 0.6 is 11.3 Å². The van der Waals surface area contributed by atoms with Crippen LogP contribution in [0.5, 0.6) is 5.75 Å². The van der Waals surface area contributed by atoms with Crippen molar-refractivity contribution >= 4 is 11.3 Å². The van der Waals surface area contributed by atoms with Gasteiger partial charge in [-0.05, 0) is 42.0 Å². The zero-order chi connectivity index (χ0) is 15.1. The molecule has 0 bridgehead atoms. The first-order valence-electron chi connectivity index (χ1n) is 7.73. The van der Waals surface area contributed by atoms with Gasteiger partial charge in [-0.1, -0.05) is 44.5 Å². The largest absolute Gasteiger partial charge is 0.496 e. The Morgan fingerprint density at radius 1 is 1.10 bits per heavy atom. The molecule has 1 aromatic heterocycles. The lowest BCUT2D eigenvalue weighted by Crippen LogP contribution is -2.22. The van der Waals surface area contributed by atoms with Crippen molar-refractivity contribution in [3.63, 3.8) is 0 Å². The molecule has 1 atom stereocenters. The van der Waals surface area contributed by atoms with Crippen molar-refractivity contribution in [3.05, 3.63) is 51.7 Å². The van der Waals surface area contributed by atoms with Crippen LogP contribution in [-0.4, -0.2) is 13.7 Å². The van der Waals surface area contributed by atoms with Crippen LogP contribution in [0.25, 0.3) is 0 Å². The molecule has 114 valence electrons. The molecular weight excluding hydrogens is 278 g/mol. The zero-order valence-corrected chi connectivity index (χ0v) is 14.0. The normalized spacial score (nSPS) is 12.3. The molecule has 2 rings (SSSR count). The standard InChI is InChI=1S/C18H25NOS/c1-4-6-14-7-9-15(10-8-14)17(19-12-5-2)18-16(20-3)11-13-21-18/h7-11,13,17,19H,4-6,12H2,1-3H3. The third-order valence-electron chi connectivity index (χ3n) is 3.59. The van der Waals surface area contributed by atoms with E-state index < -0.39 is 0 Å². The Morgan fingerprint density at radius 3 is 2.48 bits per heavy atom. The highest BCUT2D eigenvalue weighted by Gasteiger charge is 2.19. The van der Waals surface area contributed by atoms with E-state index in [9.17, 15) is 0 Å². The molecule has 3 heteroatoms. The van der Waals surface area contributed by atoms with Crippen LogP contribution in [0.1, 0.15) is 48.7 Å². The molecule has 2 nitrogen and oxygen atoms in total. The fourth-order valence-electron chi connectivity index (χ4n) is 2.50. The second-order valence-electron chi connectivity index (χ2n) is 5.23. The first-order valence-corrected chi connectivity index (χ1v) is 8.61. The molecule has 1 aromatic carbocycles. The van der Waals surface area contributed by atoms with Gasteiger partial charge in [-0.25, -0.2) is 0 Å². The third-order valence-corrected chi connectivity index (χ3v) is 4.55. The maximum absolute atomic E-state index is 5.50. The van der Waals surface area contributed by atoms with Crippen LogP contribution in [0.2, 0.25) is 0 Å². The molecule has 0 amide bonds. The molecule has 0 spiro atoms. The second kappa shape index (κ2) is 8.20. The molecular formula is C18H25NOS. The molecule has 0 saturated heterocycles. The van der Waals surface area contributed by atoms with E-state index in [0.29, 0.717) is 0 Å². The number of aryl methyl sites for hydroxylation is 1. The monoisotopic (exact) mass is 303 g/mol. The fourth-order valence-corrected chi connectivity index (χ4v) is 3.47. The molecule has 1 unspecified atom stereocenters. The number of hydrogen-bond acceptors (Lipinski definition) is 3. The number of methoxy groups -OCH3 is 1. The van der Waals surface area contributed by atoms with Gasteiger partial charge in [0.15, 0.2) is 0 Å². The lowest BCUT2D eigenvalue weighted by Gasteiger charge is -2.19. The number of benzene rings is 1. The van der Waals surface area contributed by atoms with E-state index in [2.05, 4.69) is 48.8 Å². The summed E-state index contributed by atoms with van der Waals surface area (Å²) in [7, 11) is 1.74. The maximum Gasteiger partial charge on any atom is 0.134 e. The summed E-state index contributed by atoms with van der Waals surface area (Å²) in [6.07, 6.45) is 3.46. The Labute approximate surface area is 132 Å². The number of rotatable bonds is 8. The summed E-state index contributed by atoms with van der Waals surface area (Å²) in [6, 6.07) is 11.3. The van der Waals surface area contributed by atoms with Crippen LogP contribution in [-0.2, 0) is 6.42 Å². The average molecular weight is 303 g/mol. The highest BCUT2D eigenvalue weighted by atomic mass is 32.1. The summed E-state index contributed by atoms with van der Waals surface area (Å²) < 4.78 is 5.50. The fraction of sp³-hybridized carbons (Fsp3) is 0.444. The molecule has 1 N–H and O–H groups in total. The van der Waals surface area contributed by atoms with E-state index in [-0.39, 0.29) is 6.04 Å². The minimum atomic E-state index is 0.218. The van der Waals surface area contributed by atoms with Gasteiger partial charge in [0.1, 0.15) is 5.75 Å². The van der Waals surface area contributed by atoms with Crippen LogP contribution in [0, 0.1) is 0 Å². The number of ether oxygens (including phenoxy) is 1. The lowest BCUT2D eigenvalue weighted by molar-refractivity contribution is 0.407. The van der Waals surface area contributed by atoms with Gasteiger partial charge < -0.3 is 10.1 Å². The summed E-state index contributed by atoms with van der Waals surface area (Å²) >= 11 is 1.75. The molecule has 0 aliphatic heterocycles. The van der Waals surface area contributed by atoms with Crippen molar-refractivity contribution < 1.29 is 4.74 Å². The Morgan fingerprint density at radius 2 is 1.86 bits per heavy atom. The minimum Gasteiger partial charge on any atom is -0.496 e. The highest BCUT2D eigenvalue weighted by Crippen LogP contribution is 2.34. The van der Waals surface area contributed by atoms with Crippen molar-refractivity contribution in [1.82, 2.24) is 5.32 Å². The van der Waals surface area contributed by atoms with Crippen LogP contribution in [0.4, 0.5) is 0 Å². The third kappa shape index (κ3) is 4.08. The van der Waals surface area contributed by atoms with Crippen molar-refractivity contribution in [1.29, 1.82) is 0 Å². The first-order chi connectivity index (χ1) is 10.3. The van der Waals surface area contributed by atoms with Gasteiger partial charge in [0, 0.05) is 0 Å². The Hall–Kier alpha value is -1.32. The van der Waals surface area contributed by atoms with E-state index in [1.807, 2.05) is 6.07 Å². The molecule has 1 heterocycles. The van der Waals surface area contributed by atoms with Gasteiger partial charge in [-0.15, -0.1) is 11.3 Å². The number of thiophene rings is 1. The smallest absolute Gasteiger partial charge is 0.134 e. The van der Waals surface area contributed by atoms with Gasteiger partial charge in [-0.2, -0.15) is 0 Å². The second-order valence-corrected chi connectivity index (χ2v) is 6.18. The maximum atomic E-state index is 5.50. The number of nitrogens with one attached hydrogen (secondary N) is 1. The first kappa shape index (κ1) is 16.1. The molecule has 0 fully saturated rings. The molecule has 21 heavy (non-hydrogen) atoms. The summed E-state index contributed by atoms with van der Waals surface area (Å²) in [6.45, 7) is 5.42. The van der Waals surface area contributed by atoms with E-state index >= 15 is 0 Å². The highest BCUT2D eigenvalue weighted by molar-refractivity contribution is 7.10. The van der Waals surface area contributed by atoms with E-state index in [4.69, 9.17) is 4.74 Å². The Bertz CT molecular complexity index is 532. The van der Waals surface area contributed by atoms with Crippen molar-refractivity contribution in [2.24, 2.45) is 0 Å². The SMILES string of the molecule is CCCNC(c1ccc(CCC)cc1)c1sccc1OC. The topological polar surface area (TPSA) is 21.3 Å². The van der Waals surface area contributed by atoms with Gasteiger partial charge in [0.05, 0.1) is 18.0 Å². The van der Waals surface area contributed by atoms with Crippen molar-refractivity contribution in [3.8, 4) is 5.75 Å². The minimum absolute atomic E-state index is 0.218. The van der Waals surface area contributed by atoms with Crippen molar-refractivity contribution in [2.45, 2.75) is 39.2 Å². The van der Waals surface area contributed by atoms with Crippen molar-refractivity contribution in [2.75, 3.05) is 13.7 Å². The summed E-state index contributed by atoms with van der Waals surface area (Å²) in [5, 5.41) is 5.74. The number of hydrogen-bond donors (Lipinski definition) is 1. The lowest BCUT2D eigenvalue weighted by atomic mass is 10.0. The van der Waals surface area contributed by atoms with Gasteiger partial charge in [0.2, 0.25) is 0 Å². The molecule has 0 aliphatic carbocycles. The zero-order valence-electron chi connectivity index (χ0n) is 13.2. The molecule has 2 aromatic rings. The van der Waals surface area contributed by atoms with Crippen LogP contribution in [0.15, 0.2) is 35.7 Å². The van der Waals surface area contributed by atoms with Gasteiger partial charge >= 0.3 is 0 Å². The summed E-state index contributed by atoms with van der Waals surface area (Å²) in [4.78, 5) is 1.26. The quantitative estimate of drug-likeness (QED) is 0.756. The molecule has 0 aliphatic rings. The van der Waals surface area contributed by atoms with E-state index in [0.717, 1.165) is 25.1 Å². The van der Waals surface area contributed by atoms with Crippen LogP contribution < -0.4 is 10.1 Å². The van der Waals surface area contributed by atoms with Crippen LogP contribution in [0.3, 0.4) is 0 Å². The summed E-state index contributed by atoms with van der Waals surface area (Å²) in [5.41, 5.74) is 2.72. The van der Waals surface area contributed by atoms with E-state index in [1.54, 1.807) is 18.4 Å². The van der Waals surface area contributed by atoms with Gasteiger partial charge in [0.25, 0.3) is 0 Å². The van der Waals surface area contributed by atoms with E-state index in [1.165, 1.54) is 22.4 Å². The Balaban J connectivity index is 2.26. The van der Waals surface area contributed by atoms with Gasteiger partial charge in [-0.3, -0.25) is 0 Å². The molecule has 0 saturated carbocycles. The molecule has 0 radical (unpaired) electrons. The summed E-state index contributed by atoms with van der Waals surface area (Å²) in [5.74, 6) is 0.978. The average Bonchev–Trinajstić information content (AvgIpc) is 2.98. The predicted molar refractivity (Wildman–Crippen MR) is 91.4 cm³/mol. The Kier molecular flexibility index (Phi) is 6.27. The predicted octanol–water partition coefficient (Wildman–Crippen LogP) is 4.80.